The highest BCUT2D eigenvalue weighted by molar-refractivity contribution is 7.20. The number of hydrogen-bond acceptors (Lipinski definition) is 4. The van der Waals surface area contributed by atoms with E-state index in [2.05, 4.69) is 10.4 Å². The van der Waals surface area contributed by atoms with Gasteiger partial charge >= 0.3 is 0 Å². The number of amides is 1. The summed E-state index contributed by atoms with van der Waals surface area (Å²) in [7, 11) is 0. The topological polar surface area (TPSA) is 72.9 Å². The molecular weight excluding hydrogens is 403 g/mol. The summed E-state index contributed by atoms with van der Waals surface area (Å²) in [6.07, 6.45) is 3.86. The van der Waals surface area contributed by atoms with E-state index in [9.17, 15) is 4.79 Å². The molecule has 0 spiro atoms. The molecular formula is C19H22Cl2N4OS. The quantitative estimate of drug-likeness (QED) is 0.650. The number of halogens is 2. The standard InChI is InChI=1S/C19H21ClN4OS.ClH/c1-11-16-10-17(18(25)22-14-6-4-13(21)5-7-14)26-19(16)24(23-11)15-8-2-12(20)3-9-15;/h2-3,8-10,13-14H,4-7,21H2,1H3,(H,22,25);1H. The van der Waals surface area contributed by atoms with Gasteiger partial charge < -0.3 is 11.1 Å². The van der Waals surface area contributed by atoms with Crippen LogP contribution in [-0.4, -0.2) is 27.8 Å². The molecule has 144 valence electrons. The number of fused-ring (bicyclic) bond motifs is 1. The third kappa shape index (κ3) is 4.14. The van der Waals surface area contributed by atoms with Crippen LogP contribution in [-0.2, 0) is 0 Å². The highest BCUT2D eigenvalue weighted by Gasteiger charge is 2.22. The lowest BCUT2D eigenvalue weighted by Crippen LogP contribution is -2.40. The average Bonchev–Trinajstić information content (AvgIpc) is 3.19. The largest absolute Gasteiger partial charge is 0.349 e. The van der Waals surface area contributed by atoms with Gasteiger partial charge in [0.2, 0.25) is 0 Å². The average molecular weight is 425 g/mol. The van der Waals surface area contributed by atoms with E-state index in [4.69, 9.17) is 17.3 Å². The Bertz CT molecular complexity index is 943. The fourth-order valence-electron chi connectivity index (χ4n) is 3.44. The smallest absolute Gasteiger partial charge is 0.261 e. The molecule has 1 saturated carbocycles. The summed E-state index contributed by atoms with van der Waals surface area (Å²) in [5.41, 5.74) is 7.79. The summed E-state index contributed by atoms with van der Waals surface area (Å²) >= 11 is 7.45. The number of nitrogens with one attached hydrogen (secondary N) is 1. The van der Waals surface area contributed by atoms with E-state index in [0.717, 1.165) is 52.2 Å². The van der Waals surface area contributed by atoms with Crippen molar-refractivity contribution in [3.05, 3.63) is 45.9 Å². The van der Waals surface area contributed by atoms with Gasteiger partial charge in [0.1, 0.15) is 4.83 Å². The van der Waals surface area contributed by atoms with E-state index in [0.29, 0.717) is 5.02 Å². The molecule has 1 aliphatic carbocycles. The highest BCUT2D eigenvalue weighted by Crippen LogP contribution is 2.31. The maximum absolute atomic E-state index is 12.7. The highest BCUT2D eigenvalue weighted by atomic mass is 35.5. The van der Waals surface area contributed by atoms with Gasteiger partial charge in [-0.05, 0) is 62.9 Å². The van der Waals surface area contributed by atoms with Crippen molar-refractivity contribution in [1.29, 1.82) is 0 Å². The van der Waals surface area contributed by atoms with Crippen LogP contribution in [0.4, 0.5) is 0 Å². The van der Waals surface area contributed by atoms with Crippen molar-refractivity contribution in [3.63, 3.8) is 0 Å². The monoisotopic (exact) mass is 424 g/mol. The number of nitrogens with zero attached hydrogens (tertiary/aromatic N) is 2. The van der Waals surface area contributed by atoms with Gasteiger partial charge in [0.15, 0.2) is 0 Å². The molecule has 1 aromatic carbocycles. The summed E-state index contributed by atoms with van der Waals surface area (Å²) < 4.78 is 1.88. The van der Waals surface area contributed by atoms with E-state index < -0.39 is 0 Å². The molecule has 3 aromatic rings. The van der Waals surface area contributed by atoms with Crippen LogP contribution in [0.25, 0.3) is 15.9 Å². The number of hydrogen-bond donors (Lipinski definition) is 2. The number of nitrogens with two attached hydrogens (primary N) is 1. The second-order valence-electron chi connectivity index (χ2n) is 6.89. The zero-order chi connectivity index (χ0) is 18.3. The molecule has 3 N–H and O–H groups in total. The Morgan fingerprint density at radius 3 is 2.59 bits per heavy atom. The molecule has 2 heterocycles. The minimum absolute atomic E-state index is 0. The van der Waals surface area contributed by atoms with E-state index in [1.165, 1.54) is 11.3 Å². The number of thiophene rings is 1. The van der Waals surface area contributed by atoms with Gasteiger partial charge in [0, 0.05) is 22.5 Å². The van der Waals surface area contributed by atoms with E-state index in [1.807, 2.05) is 41.9 Å². The van der Waals surface area contributed by atoms with Gasteiger partial charge in [-0.3, -0.25) is 4.79 Å². The van der Waals surface area contributed by atoms with Gasteiger partial charge in [-0.25, -0.2) is 4.68 Å². The van der Waals surface area contributed by atoms with Crippen LogP contribution in [0.5, 0.6) is 0 Å². The van der Waals surface area contributed by atoms with Crippen molar-refractivity contribution in [1.82, 2.24) is 15.1 Å². The predicted octanol–water partition coefficient (Wildman–Crippen LogP) is 4.47. The first kappa shape index (κ1) is 20.1. The molecule has 0 unspecified atom stereocenters. The summed E-state index contributed by atoms with van der Waals surface area (Å²) in [6, 6.07) is 9.99. The van der Waals surface area contributed by atoms with E-state index in [-0.39, 0.29) is 30.4 Å². The fraction of sp³-hybridized carbons (Fsp3) is 0.368. The number of carbonyl (C=O) groups is 1. The lowest BCUT2D eigenvalue weighted by molar-refractivity contribution is 0.0930. The van der Waals surface area contributed by atoms with Gasteiger partial charge in [-0.15, -0.1) is 23.7 Å². The van der Waals surface area contributed by atoms with Crippen LogP contribution in [0.3, 0.4) is 0 Å². The Kier molecular flexibility index (Phi) is 6.11. The van der Waals surface area contributed by atoms with Crippen molar-refractivity contribution in [2.45, 2.75) is 44.7 Å². The molecule has 5 nitrogen and oxygen atoms in total. The molecule has 0 atom stereocenters. The normalized spacial score (nSPS) is 19.7. The third-order valence-corrected chi connectivity index (χ3v) is 6.31. The first-order valence-electron chi connectivity index (χ1n) is 8.83. The molecule has 4 rings (SSSR count). The van der Waals surface area contributed by atoms with Crippen molar-refractivity contribution >= 4 is 51.5 Å². The molecule has 0 bridgehead atoms. The molecule has 27 heavy (non-hydrogen) atoms. The number of rotatable bonds is 3. The molecule has 0 aliphatic heterocycles. The number of aryl methyl sites for hydroxylation is 1. The Morgan fingerprint density at radius 2 is 1.93 bits per heavy atom. The van der Waals surface area contributed by atoms with Crippen LogP contribution in [0, 0.1) is 6.92 Å². The van der Waals surface area contributed by atoms with Gasteiger partial charge in [-0.1, -0.05) is 11.6 Å². The Balaban J connectivity index is 0.00000210. The second kappa shape index (κ2) is 8.19. The number of carbonyl (C=O) groups excluding carboxylic acids is 1. The van der Waals surface area contributed by atoms with Gasteiger partial charge in [0.05, 0.1) is 16.3 Å². The van der Waals surface area contributed by atoms with E-state index >= 15 is 0 Å². The number of benzene rings is 1. The molecule has 1 fully saturated rings. The van der Waals surface area contributed by atoms with Crippen LogP contribution in [0.2, 0.25) is 5.02 Å². The zero-order valence-corrected chi connectivity index (χ0v) is 17.3. The summed E-state index contributed by atoms with van der Waals surface area (Å²) in [6.45, 7) is 1.96. The zero-order valence-electron chi connectivity index (χ0n) is 14.9. The third-order valence-electron chi connectivity index (χ3n) is 4.95. The molecule has 0 saturated heterocycles. The molecule has 8 heteroatoms. The van der Waals surface area contributed by atoms with Crippen molar-refractivity contribution in [2.75, 3.05) is 0 Å². The summed E-state index contributed by atoms with van der Waals surface area (Å²) in [5, 5.41) is 9.48. The molecule has 1 aliphatic rings. The van der Waals surface area contributed by atoms with Crippen LogP contribution in [0.1, 0.15) is 41.0 Å². The van der Waals surface area contributed by atoms with Crippen LogP contribution >= 0.6 is 35.3 Å². The lowest BCUT2D eigenvalue weighted by Gasteiger charge is -2.26. The SMILES string of the molecule is Cc1nn(-c2ccc(Cl)cc2)c2sc(C(=O)NC3CCC(N)CC3)cc12.Cl. The summed E-state index contributed by atoms with van der Waals surface area (Å²) in [4.78, 5) is 14.4. The maximum Gasteiger partial charge on any atom is 0.261 e. The molecule has 0 radical (unpaired) electrons. The number of aromatic nitrogens is 2. The Morgan fingerprint density at radius 1 is 1.26 bits per heavy atom. The minimum Gasteiger partial charge on any atom is -0.349 e. The van der Waals surface area contributed by atoms with Crippen molar-refractivity contribution in [3.8, 4) is 5.69 Å². The van der Waals surface area contributed by atoms with E-state index in [1.54, 1.807) is 0 Å². The molecule has 1 amide bonds. The maximum atomic E-state index is 12.7. The van der Waals surface area contributed by atoms with Crippen molar-refractivity contribution in [2.24, 2.45) is 5.73 Å². The van der Waals surface area contributed by atoms with Crippen molar-refractivity contribution < 1.29 is 4.79 Å². The summed E-state index contributed by atoms with van der Waals surface area (Å²) in [5.74, 6) is -0.00581. The molecule has 2 aromatic heterocycles. The van der Waals surface area contributed by atoms with Gasteiger partial charge in [0.25, 0.3) is 5.91 Å². The first-order chi connectivity index (χ1) is 12.5. The Labute approximate surface area is 173 Å². The van der Waals surface area contributed by atoms with Gasteiger partial charge in [-0.2, -0.15) is 5.10 Å². The second-order valence-corrected chi connectivity index (χ2v) is 8.36. The minimum atomic E-state index is -0.00581. The van der Waals surface area contributed by atoms with Crippen LogP contribution in [0.15, 0.2) is 30.3 Å². The Hall–Kier alpha value is -1.60. The lowest BCUT2D eigenvalue weighted by atomic mass is 9.92. The predicted molar refractivity (Wildman–Crippen MR) is 114 cm³/mol. The first-order valence-corrected chi connectivity index (χ1v) is 10.0. The van der Waals surface area contributed by atoms with Crippen LogP contribution < -0.4 is 11.1 Å². The fourth-order valence-corrected chi connectivity index (χ4v) is 4.65.